The zero-order valence-corrected chi connectivity index (χ0v) is 10.8. The smallest absolute Gasteiger partial charge is 0.425 e. The Balaban J connectivity index is 4.81. The first-order valence-electron chi connectivity index (χ1n) is 5.43. The largest absolute Gasteiger partial charge is 0.485 e. The van der Waals surface area contributed by atoms with Gasteiger partial charge in [0, 0.05) is 5.41 Å². The average Bonchev–Trinajstić information content (AvgIpc) is 2.11. The third-order valence-electron chi connectivity index (χ3n) is 3.11. The van der Waals surface area contributed by atoms with Gasteiger partial charge >= 0.3 is 6.18 Å². The fourth-order valence-electron chi connectivity index (χ4n) is 1.13. The molecule has 0 N–H and O–H groups in total. The number of halogens is 3. The van der Waals surface area contributed by atoms with Crippen LogP contribution in [0.25, 0.3) is 0 Å². The highest BCUT2D eigenvalue weighted by Gasteiger charge is 2.40. The summed E-state index contributed by atoms with van der Waals surface area (Å²) >= 11 is 0. The molecule has 0 aromatic heterocycles. The van der Waals surface area contributed by atoms with Crippen LogP contribution in [-0.4, -0.2) is 12.3 Å². The minimum atomic E-state index is -4.32. The van der Waals surface area contributed by atoms with E-state index in [2.05, 4.69) is 0 Å². The molecule has 0 aliphatic carbocycles. The zero-order chi connectivity index (χ0) is 13.1. The van der Waals surface area contributed by atoms with Crippen molar-refractivity contribution in [2.45, 2.75) is 53.8 Å². The number of ether oxygens (including phenoxy) is 1. The topological polar surface area (TPSA) is 9.23 Å². The highest BCUT2D eigenvalue weighted by Crippen LogP contribution is 2.37. The van der Waals surface area contributed by atoms with E-state index in [1.807, 2.05) is 27.7 Å². The van der Waals surface area contributed by atoms with Crippen molar-refractivity contribution in [1.29, 1.82) is 0 Å². The van der Waals surface area contributed by atoms with E-state index >= 15 is 0 Å². The van der Waals surface area contributed by atoms with Gasteiger partial charge in [0.25, 0.3) is 0 Å². The summed E-state index contributed by atoms with van der Waals surface area (Å²) < 4.78 is 42.2. The van der Waals surface area contributed by atoms with Crippen LogP contribution in [0.1, 0.15) is 41.5 Å². The predicted octanol–water partition coefficient (Wildman–Crippen LogP) is 4.54. The van der Waals surface area contributed by atoms with Gasteiger partial charge in [-0.2, -0.15) is 13.2 Å². The van der Waals surface area contributed by atoms with Crippen LogP contribution in [0.4, 0.5) is 13.2 Å². The molecule has 1 atom stereocenters. The quantitative estimate of drug-likeness (QED) is 0.653. The highest BCUT2D eigenvalue weighted by atomic mass is 19.4. The van der Waals surface area contributed by atoms with Crippen molar-refractivity contribution in [3.8, 4) is 0 Å². The molecule has 4 heteroatoms. The normalized spacial score (nSPS) is 16.5. The number of allylic oxidation sites excluding steroid dienone is 2. The molecule has 0 spiro atoms. The number of hydrogen-bond acceptors (Lipinski definition) is 1. The molecule has 1 unspecified atom stereocenters. The Morgan fingerprint density at radius 3 is 1.81 bits per heavy atom. The van der Waals surface area contributed by atoms with Crippen molar-refractivity contribution in [1.82, 2.24) is 0 Å². The second-order valence-corrected chi connectivity index (χ2v) is 4.83. The molecule has 96 valence electrons. The van der Waals surface area contributed by atoms with Crippen molar-refractivity contribution in [2.24, 2.45) is 11.3 Å². The molecule has 1 nitrogen and oxygen atoms in total. The van der Waals surface area contributed by atoms with Crippen LogP contribution in [0.15, 0.2) is 11.8 Å². The van der Waals surface area contributed by atoms with Crippen LogP contribution in [0, 0.1) is 11.3 Å². The maximum Gasteiger partial charge on any atom is 0.425 e. The Bertz CT molecular complexity index is 251. The fraction of sp³-hybridized carbons (Fsp3) is 0.833. The summed E-state index contributed by atoms with van der Waals surface area (Å²) in [6.45, 7) is 10.4. The van der Waals surface area contributed by atoms with Gasteiger partial charge in [-0.15, -0.1) is 0 Å². The Morgan fingerprint density at radius 2 is 1.56 bits per heavy atom. The lowest BCUT2D eigenvalue weighted by atomic mass is 9.79. The number of hydrogen-bond donors (Lipinski definition) is 0. The standard InChI is InChI=1S/C12H21F3O/c1-7-10(11(5,6)8(2)3)16-9(4)12(13,14)15/h7-9H,1-6H3. The summed E-state index contributed by atoms with van der Waals surface area (Å²) in [6, 6.07) is 0. The first kappa shape index (κ1) is 15.3. The van der Waals surface area contributed by atoms with E-state index in [0.717, 1.165) is 6.92 Å². The summed E-state index contributed by atoms with van der Waals surface area (Å²) in [5.41, 5.74) is -0.395. The molecule has 0 aromatic carbocycles. The molecule has 0 fully saturated rings. The lowest BCUT2D eigenvalue weighted by Crippen LogP contribution is -2.33. The summed E-state index contributed by atoms with van der Waals surface area (Å²) in [5.74, 6) is 0.603. The highest BCUT2D eigenvalue weighted by molar-refractivity contribution is 5.05. The fourth-order valence-corrected chi connectivity index (χ4v) is 1.13. The minimum Gasteiger partial charge on any atom is -0.485 e. The third kappa shape index (κ3) is 3.72. The lowest BCUT2D eigenvalue weighted by molar-refractivity contribution is -0.208. The second-order valence-electron chi connectivity index (χ2n) is 4.83. The van der Waals surface area contributed by atoms with Gasteiger partial charge < -0.3 is 4.74 Å². The van der Waals surface area contributed by atoms with Crippen molar-refractivity contribution in [2.75, 3.05) is 0 Å². The van der Waals surface area contributed by atoms with Crippen molar-refractivity contribution in [3.05, 3.63) is 11.8 Å². The number of rotatable bonds is 4. The molecule has 0 aliphatic rings. The monoisotopic (exact) mass is 238 g/mol. The maximum atomic E-state index is 12.4. The number of alkyl halides is 3. The van der Waals surface area contributed by atoms with Crippen LogP contribution in [-0.2, 0) is 4.74 Å². The zero-order valence-electron chi connectivity index (χ0n) is 10.8. The van der Waals surface area contributed by atoms with E-state index in [-0.39, 0.29) is 5.92 Å². The van der Waals surface area contributed by atoms with Gasteiger partial charge in [-0.1, -0.05) is 27.7 Å². The minimum absolute atomic E-state index is 0.208. The molecular formula is C12H21F3O. The molecule has 0 radical (unpaired) electrons. The van der Waals surface area contributed by atoms with Crippen LogP contribution in [0.3, 0.4) is 0 Å². The lowest BCUT2D eigenvalue weighted by Gasteiger charge is -2.34. The van der Waals surface area contributed by atoms with Gasteiger partial charge in [-0.05, 0) is 25.8 Å². The summed E-state index contributed by atoms with van der Waals surface area (Å²) in [4.78, 5) is 0. The molecule has 0 bridgehead atoms. The van der Waals surface area contributed by atoms with Crippen LogP contribution >= 0.6 is 0 Å². The van der Waals surface area contributed by atoms with Gasteiger partial charge in [-0.3, -0.25) is 0 Å². The molecule has 0 amide bonds. The van der Waals surface area contributed by atoms with Gasteiger partial charge in [0.2, 0.25) is 0 Å². The van der Waals surface area contributed by atoms with Crippen molar-refractivity contribution < 1.29 is 17.9 Å². The first-order valence-corrected chi connectivity index (χ1v) is 5.43. The average molecular weight is 238 g/mol. The molecule has 0 aliphatic heterocycles. The van der Waals surface area contributed by atoms with Crippen LogP contribution in [0.2, 0.25) is 0 Å². The molecule has 0 saturated carbocycles. The molecule has 0 saturated heterocycles. The van der Waals surface area contributed by atoms with Gasteiger partial charge in [0.05, 0.1) is 5.76 Å². The van der Waals surface area contributed by atoms with Crippen LogP contribution in [0.5, 0.6) is 0 Å². The van der Waals surface area contributed by atoms with E-state index in [9.17, 15) is 13.2 Å². The maximum absolute atomic E-state index is 12.4. The predicted molar refractivity (Wildman–Crippen MR) is 59.0 cm³/mol. The Hall–Kier alpha value is -0.670. The Labute approximate surface area is 95.7 Å². The van der Waals surface area contributed by atoms with E-state index in [1.54, 1.807) is 13.0 Å². The summed E-state index contributed by atoms with van der Waals surface area (Å²) in [6.07, 6.45) is -4.47. The molecule has 0 rings (SSSR count). The van der Waals surface area contributed by atoms with Gasteiger partial charge in [0.15, 0.2) is 6.10 Å². The summed E-state index contributed by atoms with van der Waals surface area (Å²) in [5, 5.41) is 0. The van der Waals surface area contributed by atoms with E-state index in [4.69, 9.17) is 4.74 Å². The van der Waals surface area contributed by atoms with E-state index in [1.165, 1.54) is 0 Å². The Morgan fingerprint density at radius 1 is 1.12 bits per heavy atom. The van der Waals surface area contributed by atoms with Gasteiger partial charge in [-0.25, -0.2) is 0 Å². The second kappa shape index (κ2) is 5.11. The SMILES string of the molecule is CC=C(OC(C)C(F)(F)F)C(C)(C)C(C)C. The van der Waals surface area contributed by atoms with Crippen molar-refractivity contribution >= 4 is 0 Å². The van der Waals surface area contributed by atoms with Crippen LogP contribution < -0.4 is 0 Å². The van der Waals surface area contributed by atoms with E-state index in [0.29, 0.717) is 5.76 Å². The third-order valence-corrected chi connectivity index (χ3v) is 3.11. The molecule has 0 heterocycles. The first-order chi connectivity index (χ1) is 7.03. The summed E-state index contributed by atoms with van der Waals surface area (Å²) in [7, 11) is 0. The van der Waals surface area contributed by atoms with Gasteiger partial charge in [0.1, 0.15) is 0 Å². The molecular weight excluding hydrogens is 217 g/mol. The molecule has 16 heavy (non-hydrogen) atoms. The van der Waals surface area contributed by atoms with E-state index < -0.39 is 17.7 Å². The Kier molecular flexibility index (Phi) is 4.89. The van der Waals surface area contributed by atoms with Crippen molar-refractivity contribution in [3.63, 3.8) is 0 Å². The molecule has 0 aromatic rings.